The van der Waals surface area contributed by atoms with Gasteiger partial charge in [0.15, 0.2) is 0 Å². The average molecular weight is 208 g/mol. The van der Waals surface area contributed by atoms with Gasteiger partial charge < -0.3 is 11.0 Å². The quantitative estimate of drug-likeness (QED) is 0.520. The molecule has 0 rings (SSSR count). The van der Waals surface area contributed by atoms with E-state index >= 15 is 0 Å². The van der Waals surface area contributed by atoms with Gasteiger partial charge in [-0.1, -0.05) is 0 Å². The first-order valence-electron chi connectivity index (χ1n) is 1.06. The topological polar surface area (TPSA) is 90.8 Å². The predicted molar refractivity (Wildman–Crippen MR) is 35.9 cm³/mol. The van der Waals surface area contributed by atoms with Gasteiger partial charge in [0.1, 0.15) is 0 Å². The van der Waals surface area contributed by atoms with Gasteiger partial charge in [-0.15, -0.1) is 0 Å². The van der Waals surface area contributed by atoms with Crippen molar-refractivity contribution in [3.63, 3.8) is 0 Å². The van der Waals surface area contributed by atoms with E-state index in [2.05, 4.69) is 31.9 Å². The summed E-state index contributed by atoms with van der Waals surface area (Å²) in [6.45, 7) is 0. The van der Waals surface area contributed by atoms with Crippen molar-refractivity contribution >= 4 is 61.1 Å². The van der Waals surface area contributed by atoms with Crippen LogP contribution in [0.2, 0.25) is 0 Å². The Balaban J connectivity index is -0.000000180. The van der Waals surface area contributed by atoms with Crippen molar-refractivity contribution in [3.05, 3.63) is 0 Å². The Bertz CT molecular complexity index is 90.6. The number of rotatable bonds is 2. The Hall–Kier alpha value is 1.65. The Labute approximate surface area is 84.4 Å². The van der Waals surface area contributed by atoms with Crippen LogP contribution in [0.4, 0.5) is 0 Å². The Morgan fingerprint density at radius 2 is 1.56 bits per heavy atom. The van der Waals surface area contributed by atoms with Crippen LogP contribution in [0.1, 0.15) is 0 Å². The molecule has 0 unspecified atom stereocenters. The molecule has 9 heavy (non-hydrogen) atoms. The summed E-state index contributed by atoms with van der Waals surface area (Å²) in [5.74, 6) is 0. The Kier molecular flexibility index (Phi) is 14.6. The Morgan fingerprint density at radius 3 is 1.56 bits per heavy atom. The third-order valence-electron chi connectivity index (χ3n) is 0.174. The molecule has 0 aromatic rings. The second-order valence-corrected chi connectivity index (χ2v) is 2.65. The predicted octanol–water partition coefficient (Wildman–Crippen LogP) is 0.941. The molecule has 0 aliphatic heterocycles. The first kappa shape index (κ1) is 16.9. The number of phosphoric acid groups is 1. The number of hydrogen-bond acceptors (Lipinski definition) is 4. The molecule has 0 aromatic heterocycles. The first-order valence-corrected chi connectivity index (χ1v) is 3.17. The second-order valence-electron chi connectivity index (χ2n) is 0.607. The van der Waals surface area contributed by atoms with Crippen molar-refractivity contribution in [1.82, 2.24) is 6.15 Å². The van der Waals surface area contributed by atoms with E-state index in [4.69, 9.17) is 4.89 Å². The molecule has 54 valence electrons. The molecule has 0 spiro atoms. The monoisotopic (exact) mass is 207 g/mol. The summed E-state index contributed by atoms with van der Waals surface area (Å²) in [6.07, 6.45) is 0. The molecule has 0 fully saturated rings. The molecule has 4 N–H and O–H groups in total. The van der Waals surface area contributed by atoms with Crippen LogP contribution in [-0.4, -0.2) is 34.5 Å². The van der Waals surface area contributed by atoms with Crippen molar-refractivity contribution in [2.75, 3.05) is 0 Å². The van der Waals surface area contributed by atoms with E-state index < -0.39 is 7.82 Å². The molecule has 0 bridgehead atoms. The summed E-state index contributed by atoms with van der Waals surface area (Å²) in [6, 6.07) is 0. The first-order chi connectivity index (χ1) is 3.12. The molecule has 0 saturated carbocycles. The van der Waals surface area contributed by atoms with Gasteiger partial charge in [0.25, 0.3) is 0 Å². The van der Waals surface area contributed by atoms with E-state index in [0.717, 1.165) is 0 Å². The molecule has 0 aliphatic carbocycles. The fourth-order valence-corrected chi connectivity index (χ4v) is 0.287. The minimum absolute atomic E-state index is 0. The normalized spacial score (nSPS) is 9.22. The molecule has 0 saturated heterocycles. The van der Waals surface area contributed by atoms with Crippen LogP contribution in [0.3, 0.4) is 0 Å². The molecular weight excluding hydrogens is 203 g/mol. The van der Waals surface area contributed by atoms with E-state index in [0.29, 0.717) is 0 Å². The van der Waals surface area contributed by atoms with Crippen molar-refractivity contribution in [2.45, 2.75) is 0 Å². The summed E-state index contributed by atoms with van der Waals surface area (Å²) >= 11 is 8.74. The molecule has 5 nitrogen and oxygen atoms in total. The molecule has 0 radical (unpaired) electrons. The molecular formula is H5Cl2NNaO4P. The van der Waals surface area contributed by atoms with E-state index in [1.807, 2.05) is 0 Å². The van der Waals surface area contributed by atoms with E-state index in [-0.39, 0.29) is 35.7 Å². The van der Waals surface area contributed by atoms with Crippen LogP contribution in [0.5, 0.6) is 0 Å². The fraction of sp³-hybridized carbons (Fsp3) is 0. The van der Waals surface area contributed by atoms with Crippen LogP contribution in [0.25, 0.3) is 0 Å². The minimum atomic E-state index is -4.12. The Morgan fingerprint density at radius 1 is 1.33 bits per heavy atom. The molecule has 9 heteroatoms. The van der Waals surface area contributed by atoms with Crippen molar-refractivity contribution < 1.29 is 17.6 Å². The molecule has 0 aromatic carbocycles. The van der Waals surface area contributed by atoms with Crippen LogP contribution >= 0.6 is 31.6 Å². The summed E-state index contributed by atoms with van der Waals surface area (Å²) < 4.78 is 16.4. The SMILES string of the molecule is N.O=P(O)(OCl)OCl.[NaH]. The number of hydrogen-bond donors (Lipinski definition) is 2. The van der Waals surface area contributed by atoms with Crippen molar-refractivity contribution in [2.24, 2.45) is 0 Å². The summed E-state index contributed by atoms with van der Waals surface area (Å²) in [7, 11) is -4.12. The van der Waals surface area contributed by atoms with Gasteiger partial charge in [0, 0.05) is 0 Å². The van der Waals surface area contributed by atoms with Gasteiger partial charge in [-0.3, -0.25) is 0 Å². The van der Waals surface area contributed by atoms with Gasteiger partial charge in [0.2, 0.25) is 0 Å². The van der Waals surface area contributed by atoms with E-state index in [1.54, 1.807) is 0 Å². The maximum absolute atomic E-state index is 9.80. The standard InChI is InChI=1S/Cl2HO4P.H3N.Na.H/c1-5-7(3,4)6-2;;;/h(H,3,4);1H3;;. The zero-order valence-electron chi connectivity index (χ0n) is 3.58. The zero-order chi connectivity index (χ0) is 5.91. The van der Waals surface area contributed by atoms with Crippen molar-refractivity contribution in [3.8, 4) is 0 Å². The summed E-state index contributed by atoms with van der Waals surface area (Å²) in [5, 5.41) is 0. The maximum atomic E-state index is 9.80. The zero-order valence-corrected chi connectivity index (χ0v) is 5.99. The van der Waals surface area contributed by atoms with Gasteiger partial charge in [0.05, 0.1) is 23.7 Å². The third kappa shape index (κ3) is 9.65. The summed E-state index contributed by atoms with van der Waals surface area (Å²) in [5.41, 5.74) is 0. The average Bonchev–Trinajstić information content (AvgIpc) is 1.68. The molecule has 0 atom stereocenters. The van der Waals surface area contributed by atoms with Gasteiger partial charge >= 0.3 is 37.4 Å². The molecule has 0 amide bonds. The second kappa shape index (κ2) is 7.75. The van der Waals surface area contributed by atoms with Crippen LogP contribution in [0, 0.1) is 0 Å². The van der Waals surface area contributed by atoms with E-state index in [9.17, 15) is 4.57 Å². The van der Waals surface area contributed by atoms with Crippen LogP contribution in [-0.2, 0) is 12.7 Å². The van der Waals surface area contributed by atoms with Crippen molar-refractivity contribution in [1.29, 1.82) is 0 Å². The number of halogens is 2. The summed E-state index contributed by atoms with van der Waals surface area (Å²) in [4.78, 5) is 7.98. The fourth-order valence-electron chi connectivity index (χ4n) is 0.0106. The van der Waals surface area contributed by atoms with E-state index in [1.165, 1.54) is 0 Å². The van der Waals surface area contributed by atoms with Crippen LogP contribution in [0.15, 0.2) is 0 Å². The van der Waals surface area contributed by atoms with Crippen LogP contribution < -0.4 is 6.15 Å². The molecule has 0 heterocycles. The third-order valence-corrected chi connectivity index (χ3v) is 1.57. The van der Waals surface area contributed by atoms with Gasteiger partial charge in [-0.2, -0.15) is 8.15 Å². The van der Waals surface area contributed by atoms with Gasteiger partial charge in [-0.05, 0) is 0 Å². The molecule has 0 aliphatic rings. The van der Waals surface area contributed by atoms with Gasteiger partial charge in [-0.25, -0.2) is 4.57 Å².